The molecular weight excluding hydrogens is 444 g/mol. The number of nitrogens with one attached hydrogen (secondary N) is 1. The SMILES string of the molecule is C=CC(=O)N1CCC(CNc2ncnc(N)c2-c2ccc(Oc3ccc(C#N)cc3)cc2)C(O)C1. The van der Waals surface area contributed by atoms with Crippen LogP contribution in [0.1, 0.15) is 12.0 Å². The second kappa shape index (κ2) is 10.7. The monoisotopic (exact) mass is 470 g/mol. The van der Waals surface area contributed by atoms with Gasteiger partial charge in [-0.3, -0.25) is 4.79 Å². The minimum Gasteiger partial charge on any atom is -0.457 e. The topological polar surface area (TPSA) is 137 Å². The molecule has 4 N–H and O–H groups in total. The zero-order valence-corrected chi connectivity index (χ0v) is 19.1. The summed E-state index contributed by atoms with van der Waals surface area (Å²) in [6, 6.07) is 16.3. The molecule has 1 fully saturated rings. The summed E-state index contributed by atoms with van der Waals surface area (Å²) in [6.07, 6.45) is 2.67. The van der Waals surface area contributed by atoms with E-state index in [2.05, 4.69) is 27.9 Å². The van der Waals surface area contributed by atoms with E-state index in [0.29, 0.717) is 53.8 Å². The van der Waals surface area contributed by atoms with Gasteiger partial charge in [-0.15, -0.1) is 0 Å². The summed E-state index contributed by atoms with van der Waals surface area (Å²) < 4.78 is 5.85. The first-order chi connectivity index (χ1) is 17.0. The number of aromatic nitrogens is 2. The minimum absolute atomic E-state index is 0.0453. The van der Waals surface area contributed by atoms with Gasteiger partial charge in [0.2, 0.25) is 5.91 Å². The number of piperidine rings is 1. The Morgan fingerprint density at radius 2 is 1.91 bits per heavy atom. The van der Waals surface area contributed by atoms with Crippen molar-refractivity contribution in [3.63, 3.8) is 0 Å². The van der Waals surface area contributed by atoms with Gasteiger partial charge < -0.3 is 25.8 Å². The maximum absolute atomic E-state index is 11.8. The number of hydrogen-bond donors (Lipinski definition) is 3. The van der Waals surface area contributed by atoms with Crippen molar-refractivity contribution in [1.82, 2.24) is 14.9 Å². The molecule has 0 radical (unpaired) electrons. The molecule has 35 heavy (non-hydrogen) atoms. The number of aliphatic hydroxyl groups excluding tert-OH is 1. The van der Waals surface area contributed by atoms with Gasteiger partial charge >= 0.3 is 0 Å². The van der Waals surface area contributed by atoms with Gasteiger partial charge in [-0.1, -0.05) is 18.7 Å². The number of carbonyl (C=O) groups is 1. The maximum Gasteiger partial charge on any atom is 0.246 e. The van der Waals surface area contributed by atoms with Gasteiger partial charge in [0.15, 0.2) is 0 Å². The molecule has 1 saturated heterocycles. The lowest BCUT2D eigenvalue weighted by molar-refractivity contribution is -0.130. The zero-order valence-electron chi connectivity index (χ0n) is 19.1. The highest BCUT2D eigenvalue weighted by Gasteiger charge is 2.29. The Labute approximate surface area is 203 Å². The standard InChI is InChI=1S/C26H26N6O3/c1-2-23(34)32-12-11-19(22(33)15-32)14-29-26-24(25(28)30-16-31-26)18-5-9-21(10-6-18)35-20-7-3-17(13-27)4-8-20/h2-10,16,19,22,33H,1,11-12,14-15H2,(H3,28,29,30,31). The van der Waals surface area contributed by atoms with Crippen LogP contribution in [0.15, 0.2) is 67.5 Å². The largest absolute Gasteiger partial charge is 0.457 e. The Morgan fingerprint density at radius 1 is 1.23 bits per heavy atom. The van der Waals surface area contributed by atoms with Gasteiger partial charge in [-0.25, -0.2) is 9.97 Å². The van der Waals surface area contributed by atoms with Gasteiger partial charge in [0, 0.05) is 25.6 Å². The van der Waals surface area contributed by atoms with E-state index >= 15 is 0 Å². The summed E-state index contributed by atoms with van der Waals surface area (Å²) in [7, 11) is 0. The van der Waals surface area contributed by atoms with Gasteiger partial charge in [0.25, 0.3) is 0 Å². The van der Waals surface area contributed by atoms with E-state index in [0.717, 1.165) is 5.56 Å². The van der Waals surface area contributed by atoms with Crippen LogP contribution in [0.4, 0.5) is 11.6 Å². The molecule has 2 aromatic carbocycles. The highest BCUT2D eigenvalue weighted by Crippen LogP contribution is 2.33. The number of nitrogens with zero attached hydrogens (tertiary/aromatic N) is 4. The average Bonchev–Trinajstić information content (AvgIpc) is 2.88. The number of nitriles is 1. The quantitative estimate of drug-likeness (QED) is 0.448. The fraction of sp³-hybridized carbons (Fsp3) is 0.231. The molecular formula is C26H26N6O3. The van der Waals surface area contributed by atoms with Crippen LogP contribution in [-0.4, -0.2) is 51.6 Å². The molecule has 178 valence electrons. The summed E-state index contributed by atoms with van der Waals surface area (Å²) in [4.78, 5) is 21.9. The van der Waals surface area contributed by atoms with E-state index in [4.69, 9.17) is 15.7 Å². The normalized spacial score (nSPS) is 17.3. The molecule has 0 spiro atoms. The second-order valence-corrected chi connectivity index (χ2v) is 8.23. The molecule has 2 atom stereocenters. The van der Waals surface area contributed by atoms with Crippen LogP contribution >= 0.6 is 0 Å². The van der Waals surface area contributed by atoms with Crippen molar-refractivity contribution in [1.29, 1.82) is 5.26 Å². The number of hydrogen-bond acceptors (Lipinski definition) is 8. The van der Waals surface area contributed by atoms with Crippen molar-refractivity contribution in [3.8, 4) is 28.7 Å². The third-order valence-corrected chi connectivity index (χ3v) is 5.98. The number of ether oxygens (including phenoxy) is 1. The maximum atomic E-state index is 11.8. The van der Waals surface area contributed by atoms with Crippen LogP contribution in [0, 0.1) is 17.2 Å². The van der Waals surface area contributed by atoms with Crippen LogP contribution in [-0.2, 0) is 4.79 Å². The lowest BCUT2D eigenvalue weighted by Gasteiger charge is -2.35. The number of anilines is 2. The smallest absolute Gasteiger partial charge is 0.246 e. The van der Waals surface area contributed by atoms with Crippen molar-refractivity contribution < 1.29 is 14.6 Å². The summed E-state index contributed by atoms with van der Waals surface area (Å²) >= 11 is 0. The minimum atomic E-state index is -0.651. The molecule has 1 aromatic heterocycles. The number of amides is 1. The first kappa shape index (κ1) is 23.7. The Balaban J connectivity index is 1.45. The molecule has 3 aromatic rings. The van der Waals surface area contributed by atoms with E-state index < -0.39 is 6.10 Å². The number of likely N-dealkylation sites (tertiary alicyclic amines) is 1. The van der Waals surface area contributed by atoms with Crippen LogP contribution in [0.5, 0.6) is 11.5 Å². The van der Waals surface area contributed by atoms with Crippen LogP contribution in [0.3, 0.4) is 0 Å². The van der Waals surface area contributed by atoms with Crippen molar-refractivity contribution in [2.24, 2.45) is 5.92 Å². The number of benzene rings is 2. The highest BCUT2D eigenvalue weighted by atomic mass is 16.5. The number of nitrogens with two attached hydrogens (primary N) is 1. The molecule has 9 nitrogen and oxygen atoms in total. The molecule has 2 heterocycles. The Bertz CT molecular complexity index is 1240. The summed E-state index contributed by atoms with van der Waals surface area (Å²) in [5.41, 5.74) is 8.23. The van der Waals surface area contributed by atoms with E-state index in [9.17, 15) is 9.90 Å². The predicted molar refractivity (Wildman–Crippen MR) is 132 cm³/mol. The summed E-state index contributed by atoms with van der Waals surface area (Å²) in [5.74, 6) is 1.93. The number of carbonyl (C=O) groups excluding carboxylic acids is 1. The number of aliphatic hydroxyl groups is 1. The molecule has 9 heteroatoms. The van der Waals surface area contributed by atoms with Gasteiger partial charge in [0.1, 0.15) is 29.5 Å². The predicted octanol–water partition coefficient (Wildman–Crippen LogP) is 3.20. The molecule has 4 rings (SSSR count). The second-order valence-electron chi connectivity index (χ2n) is 8.23. The molecule has 1 amide bonds. The fourth-order valence-corrected chi connectivity index (χ4v) is 4.02. The van der Waals surface area contributed by atoms with Crippen molar-refractivity contribution >= 4 is 17.5 Å². The summed E-state index contributed by atoms with van der Waals surface area (Å²) in [6.45, 7) is 4.82. The van der Waals surface area contributed by atoms with E-state index in [1.54, 1.807) is 29.2 Å². The Hall–Kier alpha value is -4.42. The van der Waals surface area contributed by atoms with Crippen LogP contribution in [0.25, 0.3) is 11.1 Å². The fourth-order valence-electron chi connectivity index (χ4n) is 4.02. The van der Waals surface area contributed by atoms with Crippen LogP contribution < -0.4 is 15.8 Å². The number of rotatable bonds is 7. The van der Waals surface area contributed by atoms with E-state index in [1.165, 1.54) is 12.4 Å². The van der Waals surface area contributed by atoms with Crippen molar-refractivity contribution in [2.75, 3.05) is 30.7 Å². The third kappa shape index (κ3) is 5.57. The first-order valence-electron chi connectivity index (χ1n) is 11.2. The lowest BCUT2D eigenvalue weighted by atomic mass is 9.93. The zero-order chi connectivity index (χ0) is 24.8. The lowest BCUT2D eigenvalue weighted by Crippen LogP contribution is -2.47. The molecule has 1 aliphatic heterocycles. The first-order valence-corrected chi connectivity index (χ1v) is 11.2. The average molecular weight is 471 g/mol. The third-order valence-electron chi connectivity index (χ3n) is 5.98. The van der Waals surface area contributed by atoms with E-state index in [-0.39, 0.29) is 18.4 Å². The Morgan fingerprint density at radius 3 is 2.54 bits per heavy atom. The Kier molecular flexibility index (Phi) is 7.24. The van der Waals surface area contributed by atoms with Crippen LogP contribution in [0.2, 0.25) is 0 Å². The molecule has 1 aliphatic rings. The molecule has 0 bridgehead atoms. The number of nitrogen functional groups attached to an aromatic ring is 1. The molecule has 0 aliphatic carbocycles. The molecule has 2 unspecified atom stereocenters. The van der Waals surface area contributed by atoms with Gasteiger partial charge in [0.05, 0.1) is 23.3 Å². The van der Waals surface area contributed by atoms with Crippen molar-refractivity contribution in [2.45, 2.75) is 12.5 Å². The molecule has 0 saturated carbocycles. The highest BCUT2D eigenvalue weighted by molar-refractivity contribution is 5.87. The van der Waals surface area contributed by atoms with Gasteiger partial charge in [-0.2, -0.15) is 5.26 Å². The van der Waals surface area contributed by atoms with Crippen molar-refractivity contribution in [3.05, 3.63) is 73.1 Å². The van der Waals surface area contributed by atoms with E-state index in [1.807, 2.05) is 24.3 Å². The van der Waals surface area contributed by atoms with Gasteiger partial charge in [-0.05, 0) is 54.5 Å². The summed E-state index contributed by atoms with van der Waals surface area (Å²) in [5, 5.41) is 22.8. The number of β-amino-alcohol motifs (C(OH)–C–C–N with tert-alkyl or cyclic N) is 1.